The van der Waals surface area contributed by atoms with Crippen LogP contribution in [0, 0.1) is 3.57 Å². The second-order valence-electron chi connectivity index (χ2n) is 3.28. The number of aromatic nitrogens is 2. The van der Waals surface area contributed by atoms with Crippen molar-refractivity contribution in [1.29, 1.82) is 0 Å². The van der Waals surface area contributed by atoms with Crippen LogP contribution in [0.5, 0.6) is 0 Å². The molecule has 1 heterocycles. The maximum atomic E-state index is 5.87. The molecule has 0 bridgehead atoms. The van der Waals surface area contributed by atoms with E-state index in [1.807, 2.05) is 19.2 Å². The maximum absolute atomic E-state index is 5.87. The summed E-state index contributed by atoms with van der Waals surface area (Å²) in [6.45, 7) is 0.548. The van der Waals surface area contributed by atoms with Crippen molar-refractivity contribution in [2.24, 2.45) is 0 Å². The summed E-state index contributed by atoms with van der Waals surface area (Å²) >= 11 is 8.06. The first-order chi connectivity index (χ1) is 8.19. The predicted octanol–water partition coefficient (Wildman–Crippen LogP) is 2.79. The summed E-state index contributed by atoms with van der Waals surface area (Å²) < 4.78 is 6.37. The van der Waals surface area contributed by atoms with E-state index in [-0.39, 0.29) is 0 Å². The van der Waals surface area contributed by atoms with Gasteiger partial charge >= 0.3 is 6.01 Å². The Labute approximate surface area is 117 Å². The first-order valence-corrected chi connectivity index (χ1v) is 6.34. The first-order valence-electron chi connectivity index (χ1n) is 4.88. The van der Waals surface area contributed by atoms with Gasteiger partial charge in [-0.25, -0.2) is 0 Å². The highest BCUT2D eigenvalue weighted by Crippen LogP contribution is 2.24. The molecule has 1 aromatic carbocycles. The molecule has 0 amide bonds. The first kappa shape index (κ1) is 12.6. The molecule has 0 atom stereocenters. The molecule has 0 aliphatic heterocycles. The highest BCUT2D eigenvalue weighted by atomic mass is 127. The summed E-state index contributed by atoms with van der Waals surface area (Å²) in [5.41, 5.74) is 0.884. The number of benzene rings is 1. The zero-order chi connectivity index (χ0) is 12.3. The van der Waals surface area contributed by atoms with Crippen molar-refractivity contribution in [1.82, 2.24) is 15.5 Å². The zero-order valence-electron chi connectivity index (χ0n) is 9.00. The Kier molecular flexibility index (Phi) is 4.19. The van der Waals surface area contributed by atoms with E-state index < -0.39 is 0 Å². The van der Waals surface area contributed by atoms with Crippen LogP contribution in [0.4, 0.5) is 11.7 Å². The molecule has 2 rings (SSSR count). The molecule has 5 nitrogen and oxygen atoms in total. The molecule has 2 aromatic rings. The lowest BCUT2D eigenvalue weighted by molar-refractivity contribution is 0.493. The van der Waals surface area contributed by atoms with E-state index in [2.05, 4.69) is 43.4 Å². The SMILES string of the molecule is CNCc1nnc(Nc2ccc(Cl)cc2I)o1. The topological polar surface area (TPSA) is 63.0 Å². The predicted molar refractivity (Wildman–Crippen MR) is 74.5 cm³/mol. The lowest BCUT2D eigenvalue weighted by atomic mass is 10.3. The third kappa shape index (κ3) is 3.30. The van der Waals surface area contributed by atoms with Gasteiger partial charge in [-0.2, -0.15) is 0 Å². The molecule has 0 aliphatic carbocycles. The molecule has 0 saturated heterocycles. The van der Waals surface area contributed by atoms with Gasteiger partial charge in [0.1, 0.15) is 0 Å². The molecule has 0 radical (unpaired) electrons. The zero-order valence-corrected chi connectivity index (χ0v) is 11.9. The van der Waals surface area contributed by atoms with E-state index in [1.54, 1.807) is 6.07 Å². The number of anilines is 2. The Morgan fingerprint density at radius 1 is 1.41 bits per heavy atom. The highest BCUT2D eigenvalue weighted by Gasteiger charge is 2.07. The quantitative estimate of drug-likeness (QED) is 0.817. The minimum absolute atomic E-state index is 0.371. The Hall–Kier alpha value is -0.860. The van der Waals surface area contributed by atoms with Gasteiger partial charge in [0.25, 0.3) is 0 Å². The minimum Gasteiger partial charge on any atom is -0.406 e. The second-order valence-corrected chi connectivity index (χ2v) is 4.88. The normalized spacial score (nSPS) is 10.5. The fourth-order valence-corrected chi connectivity index (χ4v) is 2.24. The Morgan fingerprint density at radius 3 is 2.94 bits per heavy atom. The highest BCUT2D eigenvalue weighted by molar-refractivity contribution is 14.1. The van der Waals surface area contributed by atoms with E-state index in [0.717, 1.165) is 9.26 Å². The van der Waals surface area contributed by atoms with Gasteiger partial charge in [-0.1, -0.05) is 16.7 Å². The summed E-state index contributed by atoms with van der Waals surface area (Å²) in [5.74, 6) is 0.541. The van der Waals surface area contributed by atoms with Crippen LogP contribution in [0.25, 0.3) is 0 Å². The van der Waals surface area contributed by atoms with E-state index in [1.165, 1.54) is 0 Å². The molecule has 17 heavy (non-hydrogen) atoms. The van der Waals surface area contributed by atoms with Crippen molar-refractivity contribution in [3.63, 3.8) is 0 Å². The number of hydrogen-bond acceptors (Lipinski definition) is 5. The largest absolute Gasteiger partial charge is 0.406 e. The fraction of sp³-hybridized carbons (Fsp3) is 0.200. The lowest BCUT2D eigenvalue weighted by Crippen LogP contribution is -2.04. The van der Waals surface area contributed by atoms with Crippen LogP contribution in [0.15, 0.2) is 22.6 Å². The molecular formula is C10H10ClIN4O. The average Bonchev–Trinajstić information content (AvgIpc) is 2.71. The van der Waals surface area contributed by atoms with Gasteiger partial charge in [0.2, 0.25) is 5.89 Å². The summed E-state index contributed by atoms with van der Waals surface area (Å²) in [6, 6.07) is 5.90. The Morgan fingerprint density at radius 2 is 2.24 bits per heavy atom. The van der Waals surface area contributed by atoms with Gasteiger partial charge in [0.15, 0.2) is 0 Å². The van der Waals surface area contributed by atoms with Crippen LogP contribution in [0.1, 0.15) is 5.89 Å². The van der Waals surface area contributed by atoms with Crippen molar-refractivity contribution < 1.29 is 4.42 Å². The van der Waals surface area contributed by atoms with Crippen molar-refractivity contribution in [2.45, 2.75) is 6.54 Å². The molecule has 0 saturated carbocycles. The number of halogens is 2. The van der Waals surface area contributed by atoms with E-state index in [0.29, 0.717) is 23.5 Å². The summed E-state index contributed by atoms with van der Waals surface area (Å²) in [7, 11) is 1.82. The number of rotatable bonds is 4. The van der Waals surface area contributed by atoms with E-state index in [4.69, 9.17) is 16.0 Å². The lowest BCUT2D eigenvalue weighted by Gasteiger charge is -2.04. The van der Waals surface area contributed by atoms with Crippen LogP contribution < -0.4 is 10.6 Å². The van der Waals surface area contributed by atoms with Gasteiger partial charge in [0, 0.05) is 8.59 Å². The van der Waals surface area contributed by atoms with Gasteiger partial charge in [-0.15, -0.1) is 5.10 Å². The summed E-state index contributed by atoms with van der Waals surface area (Å²) in [6.07, 6.45) is 0. The number of nitrogens with one attached hydrogen (secondary N) is 2. The number of nitrogens with zero attached hydrogens (tertiary/aromatic N) is 2. The van der Waals surface area contributed by atoms with Crippen molar-refractivity contribution in [3.8, 4) is 0 Å². The smallest absolute Gasteiger partial charge is 0.320 e. The molecule has 0 aliphatic rings. The molecule has 7 heteroatoms. The molecular weight excluding hydrogens is 354 g/mol. The van der Waals surface area contributed by atoms with Crippen LogP contribution in [-0.4, -0.2) is 17.2 Å². The fourth-order valence-electron chi connectivity index (χ4n) is 1.23. The van der Waals surface area contributed by atoms with Gasteiger partial charge in [-0.05, 0) is 47.8 Å². The van der Waals surface area contributed by atoms with Crippen LogP contribution >= 0.6 is 34.2 Å². The standard InChI is InChI=1S/C10H10ClIN4O/c1-13-5-9-15-16-10(17-9)14-8-3-2-6(11)4-7(8)12/h2-4,13H,5H2,1H3,(H,14,16). The van der Waals surface area contributed by atoms with Crippen molar-refractivity contribution in [3.05, 3.63) is 32.7 Å². The van der Waals surface area contributed by atoms with Crippen LogP contribution in [0.3, 0.4) is 0 Å². The molecule has 0 spiro atoms. The Balaban J connectivity index is 2.13. The van der Waals surface area contributed by atoms with Gasteiger partial charge in [-0.3, -0.25) is 0 Å². The maximum Gasteiger partial charge on any atom is 0.320 e. The molecule has 0 unspecified atom stereocenters. The van der Waals surface area contributed by atoms with Crippen molar-refractivity contribution in [2.75, 3.05) is 12.4 Å². The molecule has 90 valence electrons. The summed E-state index contributed by atoms with van der Waals surface area (Å²) in [4.78, 5) is 0. The molecule has 2 N–H and O–H groups in total. The third-order valence-electron chi connectivity index (χ3n) is 1.97. The average molecular weight is 365 g/mol. The van der Waals surface area contributed by atoms with Gasteiger partial charge in [0.05, 0.1) is 12.2 Å². The van der Waals surface area contributed by atoms with E-state index in [9.17, 15) is 0 Å². The second kappa shape index (κ2) is 5.65. The monoisotopic (exact) mass is 364 g/mol. The van der Waals surface area contributed by atoms with Crippen LogP contribution in [-0.2, 0) is 6.54 Å². The van der Waals surface area contributed by atoms with Crippen LogP contribution in [0.2, 0.25) is 5.02 Å². The van der Waals surface area contributed by atoms with Crippen molar-refractivity contribution >= 4 is 45.9 Å². The molecule has 1 aromatic heterocycles. The Bertz CT molecular complexity index is 517. The summed E-state index contributed by atoms with van der Waals surface area (Å²) in [5, 5.41) is 14.4. The molecule has 0 fully saturated rings. The van der Waals surface area contributed by atoms with E-state index >= 15 is 0 Å². The third-order valence-corrected chi connectivity index (χ3v) is 3.10. The van der Waals surface area contributed by atoms with Gasteiger partial charge < -0.3 is 15.1 Å². The minimum atomic E-state index is 0.371. The number of hydrogen-bond donors (Lipinski definition) is 2.